The highest BCUT2D eigenvalue weighted by Crippen LogP contribution is 2.33. The van der Waals surface area contributed by atoms with Crippen LogP contribution < -0.4 is 0 Å². The quantitative estimate of drug-likeness (QED) is 0.698. The lowest BCUT2D eigenvalue weighted by Crippen LogP contribution is -2.47. The molecule has 1 aliphatic rings. The molecule has 1 rings (SSSR count). The summed E-state index contributed by atoms with van der Waals surface area (Å²) in [5.74, 6) is -0.645. The molecule has 1 N–H and O–H groups in total. The van der Waals surface area contributed by atoms with Crippen LogP contribution in [0.15, 0.2) is 12.7 Å². The van der Waals surface area contributed by atoms with Gasteiger partial charge in [0.15, 0.2) is 0 Å². The Morgan fingerprint density at radius 3 is 2.93 bits per heavy atom. The Morgan fingerprint density at radius 1 is 1.71 bits per heavy atom. The molecular weight excluding hydrogens is 178 g/mol. The van der Waals surface area contributed by atoms with Crippen molar-refractivity contribution in [2.45, 2.75) is 26.2 Å². The minimum Gasteiger partial charge on any atom is -0.481 e. The van der Waals surface area contributed by atoms with E-state index in [1.807, 2.05) is 13.0 Å². The molecule has 0 bridgehead atoms. The first-order valence-electron chi connectivity index (χ1n) is 5.21. The molecule has 0 amide bonds. The van der Waals surface area contributed by atoms with Crippen molar-refractivity contribution in [1.82, 2.24) is 4.90 Å². The van der Waals surface area contributed by atoms with Crippen molar-refractivity contribution >= 4 is 5.97 Å². The van der Waals surface area contributed by atoms with Crippen molar-refractivity contribution in [1.29, 1.82) is 0 Å². The summed E-state index contributed by atoms with van der Waals surface area (Å²) in [5.41, 5.74) is -0.513. The van der Waals surface area contributed by atoms with Gasteiger partial charge in [-0.25, -0.2) is 0 Å². The second-order valence-electron chi connectivity index (χ2n) is 4.07. The molecule has 0 radical (unpaired) electrons. The van der Waals surface area contributed by atoms with Crippen molar-refractivity contribution in [2.75, 3.05) is 19.6 Å². The first-order valence-corrected chi connectivity index (χ1v) is 5.21. The van der Waals surface area contributed by atoms with Gasteiger partial charge in [-0.2, -0.15) is 0 Å². The summed E-state index contributed by atoms with van der Waals surface area (Å²) >= 11 is 0. The number of aliphatic carboxylic acids is 1. The highest BCUT2D eigenvalue weighted by atomic mass is 16.4. The van der Waals surface area contributed by atoms with Crippen LogP contribution in [0.25, 0.3) is 0 Å². The van der Waals surface area contributed by atoms with E-state index in [0.29, 0.717) is 6.54 Å². The monoisotopic (exact) mass is 197 g/mol. The summed E-state index contributed by atoms with van der Waals surface area (Å²) in [4.78, 5) is 13.4. The molecular formula is C11H19NO2. The Balaban J connectivity index is 2.68. The van der Waals surface area contributed by atoms with Crippen molar-refractivity contribution in [2.24, 2.45) is 5.41 Å². The third-order valence-electron chi connectivity index (χ3n) is 3.17. The Bertz CT molecular complexity index is 227. The molecule has 3 nitrogen and oxygen atoms in total. The zero-order valence-electron chi connectivity index (χ0n) is 8.83. The van der Waals surface area contributed by atoms with E-state index < -0.39 is 11.4 Å². The third-order valence-corrected chi connectivity index (χ3v) is 3.17. The number of hydrogen-bond donors (Lipinski definition) is 1. The highest BCUT2D eigenvalue weighted by molar-refractivity contribution is 5.75. The number of rotatable bonds is 4. The topological polar surface area (TPSA) is 40.5 Å². The van der Waals surface area contributed by atoms with E-state index in [1.165, 1.54) is 0 Å². The molecule has 1 saturated heterocycles. The van der Waals surface area contributed by atoms with Gasteiger partial charge in [-0.3, -0.25) is 9.69 Å². The third kappa shape index (κ3) is 2.15. The van der Waals surface area contributed by atoms with Gasteiger partial charge in [-0.15, -0.1) is 6.58 Å². The molecule has 0 spiro atoms. The normalized spacial score (nSPS) is 28.6. The van der Waals surface area contributed by atoms with Crippen LogP contribution in [0.3, 0.4) is 0 Å². The smallest absolute Gasteiger partial charge is 0.310 e. The van der Waals surface area contributed by atoms with E-state index in [2.05, 4.69) is 11.5 Å². The maximum absolute atomic E-state index is 11.2. The van der Waals surface area contributed by atoms with Crippen molar-refractivity contribution in [3.63, 3.8) is 0 Å². The molecule has 1 atom stereocenters. The maximum atomic E-state index is 11.2. The Labute approximate surface area is 85.4 Å². The molecule has 1 aliphatic heterocycles. The summed E-state index contributed by atoms with van der Waals surface area (Å²) in [6.45, 7) is 8.12. The predicted octanol–water partition coefficient (Wildman–Crippen LogP) is 1.75. The summed E-state index contributed by atoms with van der Waals surface area (Å²) in [6.07, 6.45) is 4.35. The van der Waals surface area contributed by atoms with E-state index in [-0.39, 0.29) is 0 Å². The van der Waals surface area contributed by atoms with Crippen molar-refractivity contribution in [3.05, 3.63) is 12.7 Å². The fourth-order valence-corrected chi connectivity index (χ4v) is 2.18. The lowest BCUT2D eigenvalue weighted by molar-refractivity contribution is -0.152. The minimum absolute atomic E-state index is 0.513. The van der Waals surface area contributed by atoms with Crippen LogP contribution in [-0.4, -0.2) is 35.6 Å². The Morgan fingerprint density at radius 2 is 2.43 bits per heavy atom. The Hall–Kier alpha value is -0.830. The fraction of sp³-hybridized carbons (Fsp3) is 0.727. The number of hydrogen-bond acceptors (Lipinski definition) is 2. The summed E-state index contributed by atoms with van der Waals surface area (Å²) in [5, 5.41) is 9.22. The van der Waals surface area contributed by atoms with Gasteiger partial charge in [0, 0.05) is 13.1 Å². The number of carboxylic acid groups (broad SMARTS) is 1. The standard InChI is InChI=1S/C11H19NO2/c1-3-7-12-8-5-6-11(4-2,9-12)10(13)14/h3H,1,4-9H2,2H3,(H,13,14). The van der Waals surface area contributed by atoms with Crippen molar-refractivity contribution in [3.8, 4) is 0 Å². The summed E-state index contributed by atoms with van der Waals surface area (Å²) in [6, 6.07) is 0. The molecule has 0 aromatic rings. The lowest BCUT2D eigenvalue weighted by atomic mass is 9.77. The predicted molar refractivity (Wildman–Crippen MR) is 56.2 cm³/mol. The molecule has 1 heterocycles. The molecule has 0 aromatic heterocycles. The summed E-state index contributed by atoms with van der Waals surface area (Å²) < 4.78 is 0. The number of nitrogens with zero attached hydrogens (tertiary/aromatic N) is 1. The van der Waals surface area contributed by atoms with Crippen LogP contribution >= 0.6 is 0 Å². The average Bonchev–Trinajstić information content (AvgIpc) is 2.18. The molecule has 0 aliphatic carbocycles. The first-order chi connectivity index (χ1) is 6.64. The number of carboxylic acids is 1. The molecule has 0 aromatic carbocycles. The second kappa shape index (κ2) is 4.60. The Kier molecular flexibility index (Phi) is 3.69. The largest absolute Gasteiger partial charge is 0.481 e. The van der Waals surface area contributed by atoms with Crippen LogP contribution in [0, 0.1) is 5.41 Å². The second-order valence-corrected chi connectivity index (χ2v) is 4.07. The zero-order valence-corrected chi connectivity index (χ0v) is 8.83. The first kappa shape index (κ1) is 11.2. The molecule has 3 heteroatoms. The maximum Gasteiger partial charge on any atom is 0.310 e. The van der Waals surface area contributed by atoms with Gasteiger partial charge in [-0.05, 0) is 25.8 Å². The minimum atomic E-state index is -0.645. The number of carbonyl (C=O) groups is 1. The van der Waals surface area contributed by atoms with Gasteiger partial charge in [0.1, 0.15) is 0 Å². The molecule has 0 saturated carbocycles. The molecule has 1 unspecified atom stereocenters. The van der Waals surface area contributed by atoms with E-state index in [1.54, 1.807) is 0 Å². The van der Waals surface area contributed by atoms with Crippen LogP contribution in [0.5, 0.6) is 0 Å². The van der Waals surface area contributed by atoms with E-state index in [9.17, 15) is 9.90 Å². The highest BCUT2D eigenvalue weighted by Gasteiger charge is 2.40. The van der Waals surface area contributed by atoms with Gasteiger partial charge < -0.3 is 5.11 Å². The van der Waals surface area contributed by atoms with Crippen LogP contribution in [0.1, 0.15) is 26.2 Å². The lowest BCUT2D eigenvalue weighted by Gasteiger charge is -2.38. The number of likely N-dealkylation sites (tertiary alicyclic amines) is 1. The van der Waals surface area contributed by atoms with E-state index in [4.69, 9.17) is 0 Å². The van der Waals surface area contributed by atoms with Crippen LogP contribution in [-0.2, 0) is 4.79 Å². The zero-order chi connectivity index (χ0) is 10.6. The van der Waals surface area contributed by atoms with Gasteiger partial charge in [0.05, 0.1) is 5.41 Å². The molecule has 14 heavy (non-hydrogen) atoms. The van der Waals surface area contributed by atoms with Crippen LogP contribution in [0.4, 0.5) is 0 Å². The molecule has 80 valence electrons. The molecule has 1 fully saturated rings. The average molecular weight is 197 g/mol. The van der Waals surface area contributed by atoms with Crippen molar-refractivity contribution < 1.29 is 9.90 Å². The summed E-state index contributed by atoms with van der Waals surface area (Å²) in [7, 11) is 0. The van der Waals surface area contributed by atoms with Gasteiger partial charge in [0.2, 0.25) is 0 Å². The van der Waals surface area contributed by atoms with Gasteiger partial charge in [-0.1, -0.05) is 13.0 Å². The number of piperidine rings is 1. The van der Waals surface area contributed by atoms with E-state index in [0.717, 1.165) is 32.4 Å². The van der Waals surface area contributed by atoms with Gasteiger partial charge in [0.25, 0.3) is 0 Å². The fourth-order valence-electron chi connectivity index (χ4n) is 2.18. The SMILES string of the molecule is C=CCN1CCCC(CC)(C(=O)O)C1. The van der Waals surface area contributed by atoms with Crippen LogP contribution in [0.2, 0.25) is 0 Å². The van der Waals surface area contributed by atoms with Gasteiger partial charge >= 0.3 is 5.97 Å². The van der Waals surface area contributed by atoms with E-state index >= 15 is 0 Å².